The fourth-order valence-corrected chi connectivity index (χ4v) is 6.14. The van der Waals surface area contributed by atoms with Crippen molar-refractivity contribution in [1.29, 1.82) is 0 Å². The molecule has 6 rings (SSSR count). The molecule has 0 amide bonds. The zero-order valence-corrected chi connectivity index (χ0v) is 24.3. The number of aryl methyl sites for hydroxylation is 2. The van der Waals surface area contributed by atoms with E-state index in [1.807, 2.05) is 92.7 Å². The summed E-state index contributed by atoms with van der Waals surface area (Å²) in [7, 11) is 0. The van der Waals surface area contributed by atoms with Crippen LogP contribution in [-0.2, 0) is 16.2 Å². The number of hydrogen-bond acceptors (Lipinski definition) is 5. The third kappa shape index (κ3) is 5.14. The van der Waals surface area contributed by atoms with E-state index < -0.39 is 6.04 Å². The lowest BCUT2D eigenvalue weighted by Gasteiger charge is -2.24. The molecule has 6 nitrogen and oxygen atoms in total. The van der Waals surface area contributed by atoms with Crippen molar-refractivity contribution in [3.05, 3.63) is 119 Å². The Balaban J connectivity index is 1.33. The molecular formula is C36H35N3O3. The van der Waals surface area contributed by atoms with Crippen LogP contribution in [0.25, 0.3) is 21.8 Å². The normalized spacial score (nSPS) is 14.9. The van der Waals surface area contributed by atoms with E-state index in [2.05, 4.69) is 33.7 Å². The first-order valence-electron chi connectivity index (χ1n) is 14.7. The minimum Gasteiger partial charge on any atom is -0.341 e. The summed E-state index contributed by atoms with van der Waals surface area (Å²) in [5, 5.41) is 6.34. The second kappa shape index (κ2) is 11.7. The van der Waals surface area contributed by atoms with E-state index in [0.717, 1.165) is 71.0 Å². The molecule has 0 radical (unpaired) electrons. The number of carbonyl (C=O) groups is 2. The molecule has 0 N–H and O–H groups in total. The molecule has 4 aromatic carbocycles. The Labute approximate surface area is 246 Å². The highest BCUT2D eigenvalue weighted by Crippen LogP contribution is 2.32. The lowest BCUT2D eigenvalue weighted by atomic mass is 9.97. The number of rotatable bonds is 8. The number of fused-ring (bicyclic) bond motifs is 3. The van der Waals surface area contributed by atoms with E-state index in [0.29, 0.717) is 16.8 Å². The predicted octanol–water partition coefficient (Wildman–Crippen LogP) is 7.46. The van der Waals surface area contributed by atoms with Crippen molar-refractivity contribution in [3.8, 4) is 0 Å². The summed E-state index contributed by atoms with van der Waals surface area (Å²) < 4.78 is 2.25. The Morgan fingerprint density at radius 3 is 2.12 bits per heavy atom. The quantitative estimate of drug-likeness (QED) is 0.0860. The van der Waals surface area contributed by atoms with Gasteiger partial charge >= 0.3 is 5.97 Å². The Morgan fingerprint density at radius 1 is 0.833 bits per heavy atom. The van der Waals surface area contributed by atoms with Gasteiger partial charge in [-0.25, -0.2) is 4.79 Å². The number of aromatic nitrogens is 1. The first-order chi connectivity index (χ1) is 20.5. The van der Waals surface area contributed by atoms with Crippen molar-refractivity contribution >= 4 is 39.3 Å². The Bertz CT molecular complexity index is 1810. The Hall–Kier alpha value is -4.55. The fourth-order valence-electron chi connectivity index (χ4n) is 6.14. The van der Waals surface area contributed by atoms with Crippen molar-refractivity contribution in [3.63, 3.8) is 0 Å². The van der Waals surface area contributed by atoms with Crippen molar-refractivity contribution < 1.29 is 14.4 Å². The summed E-state index contributed by atoms with van der Waals surface area (Å²) in [6, 6.07) is 29.1. The van der Waals surface area contributed by atoms with E-state index >= 15 is 0 Å². The molecule has 2 heterocycles. The van der Waals surface area contributed by atoms with Gasteiger partial charge in [0.05, 0.1) is 5.71 Å². The molecule has 0 saturated carbocycles. The van der Waals surface area contributed by atoms with Crippen LogP contribution in [0, 0.1) is 6.92 Å². The summed E-state index contributed by atoms with van der Waals surface area (Å²) in [5.41, 5.74) is 6.88. The minimum absolute atomic E-state index is 0.0131. The number of likely N-dealkylation sites (tertiary alicyclic amines) is 1. The fraction of sp³-hybridized carbons (Fsp3) is 0.250. The molecule has 5 aromatic rings. The summed E-state index contributed by atoms with van der Waals surface area (Å²) >= 11 is 0. The van der Waals surface area contributed by atoms with Crippen molar-refractivity contribution in [2.24, 2.45) is 5.16 Å². The SMILES string of the molecule is CCn1c2ccc(C(=O)c3ccccc3C)cc2c2cc(C(C)=NOC(=O)C(c3ccccc3)N3CCCC3)ccc21. The zero-order valence-electron chi connectivity index (χ0n) is 24.3. The molecule has 1 aliphatic rings. The molecule has 1 aromatic heterocycles. The average molecular weight is 558 g/mol. The first kappa shape index (κ1) is 27.6. The van der Waals surface area contributed by atoms with E-state index in [4.69, 9.17) is 4.84 Å². The maximum Gasteiger partial charge on any atom is 0.356 e. The topological polar surface area (TPSA) is 63.9 Å². The average Bonchev–Trinajstić information content (AvgIpc) is 3.66. The van der Waals surface area contributed by atoms with Gasteiger partial charge < -0.3 is 9.40 Å². The van der Waals surface area contributed by atoms with Crippen LogP contribution in [0.5, 0.6) is 0 Å². The molecule has 1 saturated heterocycles. The number of hydrogen-bond donors (Lipinski definition) is 0. The summed E-state index contributed by atoms with van der Waals surface area (Å²) in [4.78, 5) is 34.5. The molecule has 212 valence electrons. The number of nitrogens with zero attached hydrogens (tertiary/aromatic N) is 3. The van der Waals surface area contributed by atoms with E-state index in [9.17, 15) is 9.59 Å². The lowest BCUT2D eigenvalue weighted by molar-refractivity contribution is -0.150. The van der Waals surface area contributed by atoms with Crippen molar-refractivity contribution in [1.82, 2.24) is 9.47 Å². The molecule has 0 spiro atoms. The first-order valence-corrected chi connectivity index (χ1v) is 14.7. The number of ketones is 1. The van der Waals surface area contributed by atoms with Crippen LogP contribution in [0.2, 0.25) is 0 Å². The van der Waals surface area contributed by atoms with Gasteiger partial charge in [-0.3, -0.25) is 9.69 Å². The van der Waals surface area contributed by atoms with Crippen LogP contribution >= 0.6 is 0 Å². The molecule has 0 aliphatic carbocycles. The van der Waals surface area contributed by atoms with Gasteiger partial charge in [-0.2, -0.15) is 0 Å². The number of benzene rings is 4. The van der Waals surface area contributed by atoms with Crippen LogP contribution in [0.1, 0.15) is 65.3 Å². The minimum atomic E-state index is -0.473. The monoisotopic (exact) mass is 557 g/mol. The molecule has 1 atom stereocenters. The summed E-state index contributed by atoms with van der Waals surface area (Å²) in [6.07, 6.45) is 2.14. The zero-order chi connectivity index (χ0) is 29.2. The predicted molar refractivity (Wildman–Crippen MR) is 168 cm³/mol. The van der Waals surface area contributed by atoms with Crippen LogP contribution in [0.3, 0.4) is 0 Å². The maximum absolute atomic E-state index is 13.4. The molecule has 1 aliphatic heterocycles. The van der Waals surface area contributed by atoms with Gasteiger partial charge in [-0.15, -0.1) is 0 Å². The summed E-state index contributed by atoms with van der Waals surface area (Å²) in [5.74, 6) is -0.357. The van der Waals surface area contributed by atoms with Crippen LogP contribution in [0.4, 0.5) is 0 Å². The van der Waals surface area contributed by atoms with Gasteiger partial charge in [0.2, 0.25) is 0 Å². The Kier molecular flexibility index (Phi) is 7.72. The highest BCUT2D eigenvalue weighted by molar-refractivity contribution is 6.16. The van der Waals surface area contributed by atoms with Crippen LogP contribution < -0.4 is 0 Å². The molecule has 1 fully saturated rings. The largest absolute Gasteiger partial charge is 0.356 e. The van der Waals surface area contributed by atoms with E-state index in [1.54, 1.807) is 0 Å². The third-order valence-corrected chi connectivity index (χ3v) is 8.37. The van der Waals surface area contributed by atoms with Gasteiger partial charge in [0, 0.05) is 39.5 Å². The van der Waals surface area contributed by atoms with Gasteiger partial charge in [0.1, 0.15) is 6.04 Å². The van der Waals surface area contributed by atoms with Gasteiger partial charge in [0.15, 0.2) is 5.78 Å². The summed E-state index contributed by atoms with van der Waals surface area (Å²) in [6.45, 7) is 8.46. The molecule has 42 heavy (non-hydrogen) atoms. The van der Waals surface area contributed by atoms with Crippen LogP contribution in [0.15, 0.2) is 96.2 Å². The highest BCUT2D eigenvalue weighted by atomic mass is 16.7. The highest BCUT2D eigenvalue weighted by Gasteiger charge is 2.31. The molecule has 6 heteroatoms. The molecule has 1 unspecified atom stereocenters. The smallest absolute Gasteiger partial charge is 0.341 e. The Morgan fingerprint density at radius 2 is 1.45 bits per heavy atom. The third-order valence-electron chi connectivity index (χ3n) is 8.37. The molecular weight excluding hydrogens is 522 g/mol. The lowest BCUT2D eigenvalue weighted by Crippen LogP contribution is -2.32. The van der Waals surface area contributed by atoms with E-state index in [1.165, 1.54) is 0 Å². The maximum atomic E-state index is 13.4. The second-order valence-electron chi connectivity index (χ2n) is 11.0. The number of oxime groups is 1. The van der Waals surface area contributed by atoms with Crippen molar-refractivity contribution in [2.45, 2.75) is 46.2 Å². The van der Waals surface area contributed by atoms with Crippen molar-refractivity contribution in [2.75, 3.05) is 13.1 Å². The molecule has 0 bridgehead atoms. The standard InChI is InChI=1S/C36H35N3O3/c1-4-39-32-18-16-27(25(3)37-42-36(41)34(38-20-10-11-21-38)26-13-6-5-7-14-26)22-30(32)31-23-28(17-19-33(31)39)35(40)29-15-9-8-12-24(29)2/h5-9,12-19,22-23,34H,4,10-11,20-21H2,1-3H3. The second-order valence-corrected chi connectivity index (χ2v) is 11.0. The van der Waals surface area contributed by atoms with Gasteiger partial charge in [-0.05, 0) is 93.7 Å². The van der Waals surface area contributed by atoms with Gasteiger partial charge in [0.25, 0.3) is 0 Å². The van der Waals surface area contributed by atoms with Gasteiger partial charge in [-0.1, -0.05) is 65.8 Å². The van der Waals surface area contributed by atoms with Crippen LogP contribution in [-0.4, -0.2) is 40.0 Å². The number of carbonyl (C=O) groups excluding carboxylic acids is 2. The van der Waals surface area contributed by atoms with E-state index in [-0.39, 0.29) is 11.8 Å².